The molecule has 1 aromatic heterocycles. The second kappa shape index (κ2) is 8.24. The van der Waals surface area contributed by atoms with Crippen molar-refractivity contribution in [2.45, 2.75) is 19.4 Å². The highest BCUT2D eigenvalue weighted by Gasteiger charge is 2.24. The van der Waals surface area contributed by atoms with E-state index in [0.29, 0.717) is 25.8 Å². The summed E-state index contributed by atoms with van der Waals surface area (Å²) in [5.74, 6) is 0.257. The minimum absolute atomic E-state index is 0.257. The van der Waals surface area contributed by atoms with Crippen LogP contribution in [-0.4, -0.2) is 85.7 Å². The summed E-state index contributed by atoms with van der Waals surface area (Å²) < 4.78 is 5.31. The highest BCUT2D eigenvalue weighted by Crippen LogP contribution is 2.14. The van der Waals surface area contributed by atoms with Crippen LogP contribution in [0.25, 0.3) is 0 Å². The van der Waals surface area contributed by atoms with Crippen LogP contribution in [0.2, 0.25) is 0 Å². The van der Waals surface area contributed by atoms with E-state index in [-0.39, 0.29) is 5.91 Å². The number of piperazine rings is 1. The second-order valence-corrected chi connectivity index (χ2v) is 7.27. The predicted octanol–water partition coefficient (Wildman–Crippen LogP) is 1.16. The molecule has 1 atom stereocenters. The van der Waals surface area contributed by atoms with E-state index in [0.717, 1.165) is 45.7 Å². The monoisotopic (exact) mass is 337 g/mol. The van der Waals surface area contributed by atoms with Gasteiger partial charge in [0.2, 0.25) is 5.91 Å². The third-order valence-electron chi connectivity index (χ3n) is 4.86. The Morgan fingerprint density at radius 2 is 1.96 bits per heavy atom. The van der Waals surface area contributed by atoms with E-state index in [1.54, 1.807) is 11.3 Å². The third kappa shape index (κ3) is 4.76. The molecule has 2 aliphatic rings. The fourth-order valence-corrected chi connectivity index (χ4v) is 4.03. The molecule has 0 aromatic carbocycles. The molecule has 0 spiro atoms. The molecule has 1 aromatic rings. The van der Waals surface area contributed by atoms with Crippen LogP contribution in [0.3, 0.4) is 0 Å². The lowest BCUT2D eigenvalue weighted by Crippen LogP contribution is -2.53. The zero-order valence-electron chi connectivity index (χ0n) is 13.9. The van der Waals surface area contributed by atoms with E-state index in [1.165, 1.54) is 5.56 Å². The number of rotatable bonds is 5. The number of carbonyl (C=O) groups is 1. The normalized spacial score (nSPS) is 22.2. The molecule has 5 nitrogen and oxygen atoms in total. The van der Waals surface area contributed by atoms with Crippen molar-refractivity contribution in [3.05, 3.63) is 22.4 Å². The summed E-state index contributed by atoms with van der Waals surface area (Å²) in [7, 11) is 0. The number of morpholine rings is 1. The summed E-state index contributed by atoms with van der Waals surface area (Å²) in [5, 5.41) is 4.39. The maximum Gasteiger partial charge on any atom is 0.236 e. The van der Waals surface area contributed by atoms with Gasteiger partial charge < -0.3 is 9.64 Å². The van der Waals surface area contributed by atoms with Crippen LogP contribution < -0.4 is 0 Å². The van der Waals surface area contributed by atoms with Gasteiger partial charge in [-0.25, -0.2) is 0 Å². The maximum atomic E-state index is 12.3. The Balaban J connectivity index is 1.40. The molecular weight excluding hydrogens is 310 g/mol. The average molecular weight is 337 g/mol. The lowest BCUT2D eigenvalue weighted by atomic mass is 10.1. The quantitative estimate of drug-likeness (QED) is 0.808. The zero-order valence-corrected chi connectivity index (χ0v) is 14.8. The molecule has 3 rings (SSSR count). The van der Waals surface area contributed by atoms with E-state index in [2.05, 4.69) is 33.6 Å². The van der Waals surface area contributed by atoms with Gasteiger partial charge in [-0.05, 0) is 35.7 Å². The first-order valence-corrected chi connectivity index (χ1v) is 9.49. The molecule has 0 aliphatic carbocycles. The fraction of sp³-hybridized carbons (Fsp3) is 0.706. The summed E-state index contributed by atoms with van der Waals surface area (Å²) in [6.45, 7) is 9.82. The van der Waals surface area contributed by atoms with Crippen LogP contribution in [0.4, 0.5) is 0 Å². The summed E-state index contributed by atoms with van der Waals surface area (Å²) in [6.07, 6.45) is 1.12. The molecule has 0 bridgehead atoms. The SMILES string of the molecule is C[C@@H](Cc1ccsc1)N1CCN(CC(=O)N2CCOCC2)CC1. The lowest BCUT2D eigenvalue weighted by Gasteiger charge is -2.38. The van der Waals surface area contributed by atoms with Crippen molar-refractivity contribution in [3.8, 4) is 0 Å². The van der Waals surface area contributed by atoms with Crippen molar-refractivity contribution in [2.24, 2.45) is 0 Å². The van der Waals surface area contributed by atoms with Gasteiger partial charge in [0.05, 0.1) is 19.8 Å². The standard InChI is InChI=1S/C17H27N3O2S/c1-15(12-16-2-11-23-14-16)19-5-3-18(4-6-19)13-17(21)20-7-9-22-10-8-20/h2,11,14-15H,3-10,12-13H2,1H3/t15-/m0/s1. The largest absolute Gasteiger partial charge is 0.378 e. The molecule has 3 heterocycles. The van der Waals surface area contributed by atoms with E-state index in [4.69, 9.17) is 4.74 Å². The summed E-state index contributed by atoms with van der Waals surface area (Å²) in [6, 6.07) is 2.79. The van der Waals surface area contributed by atoms with Gasteiger partial charge >= 0.3 is 0 Å². The van der Waals surface area contributed by atoms with Crippen molar-refractivity contribution < 1.29 is 9.53 Å². The van der Waals surface area contributed by atoms with Gasteiger partial charge in [-0.1, -0.05) is 0 Å². The number of thiophene rings is 1. The Kier molecular flexibility index (Phi) is 6.05. The minimum Gasteiger partial charge on any atom is -0.378 e. The Morgan fingerprint density at radius 3 is 2.61 bits per heavy atom. The summed E-state index contributed by atoms with van der Waals surface area (Å²) in [4.78, 5) is 19.1. The molecule has 2 aliphatic heterocycles. The number of hydrogen-bond donors (Lipinski definition) is 0. The topological polar surface area (TPSA) is 36.0 Å². The molecule has 0 unspecified atom stereocenters. The van der Waals surface area contributed by atoms with Gasteiger partial charge in [-0.3, -0.25) is 14.6 Å². The maximum absolute atomic E-state index is 12.3. The van der Waals surface area contributed by atoms with E-state index < -0.39 is 0 Å². The zero-order chi connectivity index (χ0) is 16.1. The smallest absolute Gasteiger partial charge is 0.236 e. The Hall–Kier alpha value is -0.950. The van der Waals surface area contributed by atoms with Gasteiger partial charge in [0, 0.05) is 45.3 Å². The fourth-order valence-electron chi connectivity index (χ4n) is 3.35. The van der Waals surface area contributed by atoms with Crippen molar-refractivity contribution in [2.75, 3.05) is 59.0 Å². The molecule has 23 heavy (non-hydrogen) atoms. The van der Waals surface area contributed by atoms with Crippen LogP contribution in [0.15, 0.2) is 16.8 Å². The number of hydrogen-bond acceptors (Lipinski definition) is 5. The van der Waals surface area contributed by atoms with Crippen LogP contribution >= 0.6 is 11.3 Å². The van der Waals surface area contributed by atoms with E-state index in [9.17, 15) is 4.79 Å². The summed E-state index contributed by atoms with van der Waals surface area (Å²) in [5.41, 5.74) is 1.44. The molecule has 1 amide bonds. The molecular formula is C17H27N3O2S. The van der Waals surface area contributed by atoms with E-state index >= 15 is 0 Å². The lowest BCUT2D eigenvalue weighted by molar-refractivity contribution is -0.136. The van der Waals surface area contributed by atoms with E-state index in [1.807, 2.05) is 4.90 Å². The number of amides is 1. The first-order chi connectivity index (χ1) is 11.2. The minimum atomic E-state index is 0.257. The Labute approximate surface area is 142 Å². The highest BCUT2D eigenvalue weighted by atomic mass is 32.1. The van der Waals surface area contributed by atoms with Crippen LogP contribution in [-0.2, 0) is 16.0 Å². The molecule has 2 fully saturated rings. The van der Waals surface area contributed by atoms with Crippen molar-refractivity contribution in [1.29, 1.82) is 0 Å². The van der Waals surface area contributed by atoms with Gasteiger partial charge in [-0.15, -0.1) is 0 Å². The van der Waals surface area contributed by atoms with Crippen LogP contribution in [0.1, 0.15) is 12.5 Å². The third-order valence-corrected chi connectivity index (χ3v) is 5.60. The van der Waals surface area contributed by atoms with Crippen molar-refractivity contribution in [1.82, 2.24) is 14.7 Å². The molecule has 0 saturated carbocycles. The molecule has 128 valence electrons. The van der Waals surface area contributed by atoms with Crippen LogP contribution in [0, 0.1) is 0 Å². The first-order valence-electron chi connectivity index (χ1n) is 8.55. The van der Waals surface area contributed by atoms with Crippen LogP contribution in [0.5, 0.6) is 0 Å². The van der Waals surface area contributed by atoms with Gasteiger partial charge in [-0.2, -0.15) is 11.3 Å². The first kappa shape index (κ1) is 16.9. The van der Waals surface area contributed by atoms with Crippen molar-refractivity contribution >= 4 is 17.2 Å². The molecule has 0 N–H and O–H groups in total. The second-order valence-electron chi connectivity index (χ2n) is 6.49. The predicted molar refractivity (Wildman–Crippen MR) is 92.9 cm³/mol. The number of nitrogens with zero attached hydrogens (tertiary/aromatic N) is 3. The number of carbonyl (C=O) groups excluding carboxylic acids is 1. The summed E-state index contributed by atoms with van der Waals surface area (Å²) >= 11 is 1.77. The Morgan fingerprint density at radius 1 is 1.22 bits per heavy atom. The van der Waals surface area contributed by atoms with Gasteiger partial charge in [0.25, 0.3) is 0 Å². The van der Waals surface area contributed by atoms with Crippen molar-refractivity contribution in [3.63, 3.8) is 0 Å². The molecule has 6 heteroatoms. The van der Waals surface area contributed by atoms with Gasteiger partial charge in [0.1, 0.15) is 0 Å². The van der Waals surface area contributed by atoms with Gasteiger partial charge in [0.15, 0.2) is 0 Å². The molecule has 0 radical (unpaired) electrons. The highest BCUT2D eigenvalue weighted by molar-refractivity contribution is 7.07. The average Bonchev–Trinajstić information content (AvgIpc) is 3.09. The Bertz CT molecular complexity index is 480. The molecule has 2 saturated heterocycles. The number of ether oxygens (including phenoxy) is 1.